The molecule has 2 atom stereocenters. The molecule has 2 aliphatic rings. The molecule has 1 spiro atoms. The zero-order chi connectivity index (χ0) is 13.4. The predicted octanol–water partition coefficient (Wildman–Crippen LogP) is 3.93. The molecule has 6 nitrogen and oxygen atoms in total. The van der Waals surface area contributed by atoms with E-state index in [0.717, 1.165) is 6.42 Å². The molecule has 2 fully saturated rings. The van der Waals surface area contributed by atoms with Crippen LogP contribution in [-0.4, -0.2) is 25.9 Å². The van der Waals surface area contributed by atoms with Crippen LogP contribution in [0.15, 0.2) is 0 Å². The molecule has 18 heavy (non-hydrogen) atoms. The highest BCUT2D eigenvalue weighted by Crippen LogP contribution is 2.65. The molecule has 2 heterocycles. The molecule has 2 aliphatic heterocycles. The first kappa shape index (κ1) is 15.3. The lowest BCUT2D eigenvalue weighted by Crippen LogP contribution is -2.51. The van der Waals surface area contributed by atoms with Crippen molar-refractivity contribution >= 4 is 36.4 Å². The summed E-state index contributed by atoms with van der Waals surface area (Å²) in [5.41, 5.74) is -0.665. The first-order valence-electron chi connectivity index (χ1n) is 5.50. The van der Waals surface area contributed by atoms with E-state index in [4.69, 9.17) is 40.6 Å². The van der Waals surface area contributed by atoms with Gasteiger partial charge in [0.25, 0.3) is 0 Å². The van der Waals surface area contributed by atoms with E-state index in [-0.39, 0.29) is 19.8 Å². The maximum atomic E-state index is 11.6. The van der Waals surface area contributed by atoms with Gasteiger partial charge in [-0.15, -0.1) is 0 Å². The monoisotopic (exact) mass is 338 g/mol. The van der Waals surface area contributed by atoms with Gasteiger partial charge < -0.3 is 0 Å². The van der Waals surface area contributed by atoms with E-state index in [9.17, 15) is 9.13 Å². The Labute approximate surface area is 115 Å². The van der Waals surface area contributed by atoms with Crippen molar-refractivity contribution in [2.45, 2.75) is 25.9 Å². The zero-order valence-corrected chi connectivity index (χ0v) is 13.0. The molecule has 2 rings (SSSR count). The summed E-state index contributed by atoms with van der Waals surface area (Å²) in [6.07, 6.45) is 0.998. The second kappa shape index (κ2) is 5.34. The van der Waals surface area contributed by atoms with Crippen LogP contribution < -0.4 is 0 Å². The molecule has 2 unspecified atom stereocenters. The van der Waals surface area contributed by atoms with Gasteiger partial charge in [0.2, 0.25) is 0 Å². The van der Waals surface area contributed by atoms with Gasteiger partial charge in [-0.05, 0) is 6.42 Å². The maximum absolute atomic E-state index is 11.6. The Kier molecular flexibility index (Phi) is 4.53. The van der Waals surface area contributed by atoms with Crippen LogP contribution in [0.1, 0.15) is 19.8 Å². The van der Waals surface area contributed by atoms with Crippen molar-refractivity contribution in [3.8, 4) is 0 Å². The van der Waals surface area contributed by atoms with Gasteiger partial charge in [0.15, 0.2) is 0 Å². The molecule has 0 N–H and O–H groups in total. The van der Waals surface area contributed by atoms with Gasteiger partial charge in [-0.1, -0.05) is 13.3 Å². The van der Waals surface area contributed by atoms with Crippen LogP contribution in [0.4, 0.5) is 0 Å². The average Bonchev–Trinajstić information content (AvgIpc) is 2.27. The summed E-state index contributed by atoms with van der Waals surface area (Å²) in [5, 5.41) is 0. The average molecular weight is 339 g/mol. The number of hydrogen-bond acceptors (Lipinski definition) is 6. The van der Waals surface area contributed by atoms with Crippen molar-refractivity contribution < 1.29 is 27.2 Å². The lowest BCUT2D eigenvalue weighted by Gasteiger charge is -2.46. The quantitative estimate of drug-likeness (QED) is 0.710. The summed E-state index contributed by atoms with van der Waals surface area (Å²) in [6.45, 7) is -4.88. The topological polar surface area (TPSA) is 71.1 Å². The Hall–Kier alpha value is 0.880. The molecule has 106 valence electrons. The van der Waals surface area contributed by atoms with Crippen molar-refractivity contribution in [3.63, 3.8) is 0 Å². The van der Waals surface area contributed by atoms with Crippen molar-refractivity contribution in [3.05, 3.63) is 0 Å². The van der Waals surface area contributed by atoms with Crippen LogP contribution in [0.2, 0.25) is 0 Å². The second-order valence-electron chi connectivity index (χ2n) is 4.43. The number of rotatable bonds is 2. The minimum absolute atomic E-state index is 0.0648. The molecule has 0 radical (unpaired) electrons. The summed E-state index contributed by atoms with van der Waals surface area (Å²) in [5.74, 6) is 0. The summed E-state index contributed by atoms with van der Waals surface area (Å²) in [4.78, 5) is 0. The van der Waals surface area contributed by atoms with E-state index in [1.54, 1.807) is 0 Å². The fourth-order valence-electron chi connectivity index (χ4n) is 1.97. The molecule has 0 aromatic heterocycles. The molecule has 2 saturated heterocycles. The summed E-state index contributed by atoms with van der Waals surface area (Å²) in [6, 6.07) is 0. The summed E-state index contributed by atoms with van der Waals surface area (Å²) in [7, 11) is 0. The molecule has 0 aliphatic carbocycles. The maximum Gasteiger partial charge on any atom is 0.424 e. The van der Waals surface area contributed by atoms with Crippen LogP contribution >= 0.6 is 36.4 Å². The van der Waals surface area contributed by atoms with Crippen LogP contribution in [0.5, 0.6) is 0 Å². The van der Waals surface area contributed by atoms with Gasteiger partial charge in [-0.2, -0.15) is 0 Å². The molecule has 0 aromatic carbocycles. The van der Waals surface area contributed by atoms with E-state index in [1.807, 2.05) is 6.92 Å². The van der Waals surface area contributed by atoms with Gasteiger partial charge in [0.05, 0.1) is 31.3 Å². The molecule has 0 amide bonds. The first-order chi connectivity index (χ1) is 8.29. The van der Waals surface area contributed by atoms with Crippen LogP contribution in [-0.2, 0) is 27.2 Å². The summed E-state index contributed by atoms with van der Waals surface area (Å²) < 4.78 is 43.4. The van der Waals surface area contributed by atoms with Crippen molar-refractivity contribution in [1.82, 2.24) is 0 Å². The van der Waals surface area contributed by atoms with Gasteiger partial charge in [0, 0.05) is 22.5 Å². The highest BCUT2D eigenvalue weighted by molar-refractivity contribution is 7.81. The third-order valence-electron chi connectivity index (χ3n) is 3.01. The Morgan fingerprint density at radius 3 is 2.11 bits per heavy atom. The van der Waals surface area contributed by atoms with E-state index < -0.39 is 25.4 Å². The van der Waals surface area contributed by atoms with Gasteiger partial charge in [0.1, 0.15) is 0 Å². The fraction of sp³-hybridized carbons (Fsp3) is 1.00. The third kappa shape index (κ3) is 3.31. The highest BCUT2D eigenvalue weighted by atomic mass is 35.7. The van der Waals surface area contributed by atoms with Crippen LogP contribution in [0, 0.1) is 5.41 Å². The molecular formula is C8H14Cl2O6P2. The fourth-order valence-corrected chi connectivity index (χ4v) is 4.70. The number of halogens is 2. The van der Waals surface area contributed by atoms with Gasteiger partial charge in [-0.3, -0.25) is 18.1 Å². The van der Waals surface area contributed by atoms with E-state index in [0.29, 0.717) is 6.42 Å². The Balaban J connectivity index is 2.15. The van der Waals surface area contributed by atoms with Gasteiger partial charge in [-0.25, -0.2) is 9.13 Å². The minimum atomic E-state index is -3.54. The van der Waals surface area contributed by atoms with Crippen molar-refractivity contribution in [2.75, 3.05) is 19.8 Å². The zero-order valence-electron chi connectivity index (χ0n) is 9.71. The highest BCUT2D eigenvalue weighted by Gasteiger charge is 2.53. The van der Waals surface area contributed by atoms with Crippen molar-refractivity contribution in [2.24, 2.45) is 5.41 Å². The normalized spacial score (nSPS) is 49.4. The summed E-state index contributed by atoms with van der Waals surface area (Å²) >= 11 is 11.1. The van der Waals surface area contributed by atoms with E-state index >= 15 is 0 Å². The van der Waals surface area contributed by atoms with Gasteiger partial charge >= 0.3 is 13.9 Å². The first-order valence-corrected chi connectivity index (χ1v) is 10.4. The van der Waals surface area contributed by atoms with E-state index in [2.05, 4.69) is 0 Å². The largest absolute Gasteiger partial charge is 0.424 e. The third-order valence-corrected chi connectivity index (χ3v) is 5.94. The standard InChI is InChI=1S/C8H14Cl2O6P2/c1-2-3-7-8(6-15-18(10,12)16-7)4-13-17(9,11)14-5-8/h7H,2-6H2,1H3. The SMILES string of the molecule is CCCC1OP(=O)(Cl)OCC12COP(=O)(Cl)OC2. The second-order valence-corrected chi connectivity index (χ2v) is 9.62. The predicted molar refractivity (Wildman–Crippen MR) is 67.0 cm³/mol. The Bertz CT molecular complexity index is 396. The molecule has 0 saturated carbocycles. The van der Waals surface area contributed by atoms with Crippen molar-refractivity contribution in [1.29, 1.82) is 0 Å². The van der Waals surface area contributed by atoms with E-state index in [1.165, 1.54) is 0 Å². The Morgan fingerprint density at radius 2 is 1.61 bits per heavy atom. The van der Waals surface area contributed by atoms with Crippen LogP contribution in [0.3, 0.4) is 0 Å². The van der Waals surface area contributed by atoms with Crippen LogP contribution in [0.25, 0.3) is 0 Å². The smallest absolute Gasteiger partial charge is 0.296 e. The Morgan fingerprint density at radius 1 is 1.11 bits per heavy atom. The lowest BCUT2D eigenvalue weighted by molar-refractivity contribution is -0.109. The minimum Gasteiger partial charge on any atom is -0.296 e. The molecular weight excluding hydrogens is 325 g/mol. The lowest BCUT2D eigenvalue weighted by atomic mass is 9.82. The molecule has 0 bridgehead atoms. The number of hydrogen-bond donors (Lipinski definition) is 0. The molecule has 10 heteroatoms. The molecule has 0 aromatic rings.